The molecule has 3 atom stereocenters. The fourth-order valence-electron chi connectivity index (χ4n) is 5.31. The number of rotatable bonds is 3. The Hall–Kier alpha value is -1.83. The van der Waals surface area contributed by atoms with Crippen LogP contribution in [0, 0.1) is 11.3 Å². The van der Waals surface area contributed by atoms with Crippen LogP contribution in [0.1, 0.15) is 43.7 Å². The van der Waals surface area contributed by atoms with Crippen molar-refractivity contribution < 1.29 is 22.8 Å². The second-order valence-electron chi connectivity index (χ2n) is 8.11. The summed E-state index contributed by atoms with van der Waals surface area (Å²) in [6.07, 6.45) is 3.71. The molecule has 0 heterocycles. The molecule has 0 aromatic heterocycles. The normalized spacial score (nSPS) is 29.9. The molecular weight excluding hydrogens is 366 g/mol. The highest BCUT2D eigenvalue weighted by Gasteiger charge is 2.52. The Kier molecular flexibility index (Phi) is 4.18. The van der Waals surface area contributed by atoms with Gasteiger partial charge in [0.05, 0.1) is 18.9 Å². The number of aliphatic hydroxyl groups is 1. The topological polar surface area (TPSA) is 95.9 Å². The van der Waals surface area contributed by atoms with Crippen molar-refractivity contribution in [2.75, 3.05) is 11.8 Å². The zero-order valence-electron chi connectivity index (χ0n) is 15.6. The van der Waals surface area contributed by atoms with Gasteiger partial charge in [-0.25, -0.2) is 0 Å². The molecule has 1 aromatic rings. The predicted molar refractivity (Wildman–Crippen MR) is 104 cm³/mol. The average molecular weight is 391 g/mol. The van der Waals surface area contributed by atoms with Crippen molar-refractivity contribution in [3.05, 3.63) is 41.0 Å². The molecule has 146 valence electrons. The first-order valence-electron chi connectivity index (χ1n) is 9.18. The van der Waals surface area contributed by atoms with Gasteiger partial charge in [0.25, 0.3) is 0 Å². The monoisotopic (exact) mass is 391 g/mol. The molecule has 4 rings (SSSR count). The van der Waals surface area contributed by atoms with E-state index in [0.29, 0.717) is 12.2 Å². The molecule has 0 amide bonds. The zero-order chi connectivity index (χ0) is 19.6. The molecule has 0 spiro atoms. The van der Waals surface area contributed by atoms with E-state index < -0.39 is 10.3 Å². The van der Waals surface area contributed by atoms with Gasteiger partial charge >= 0.3 is 10.3 Å². The Morgan fingerprint density at radius 1 is 1.30 bits per heavy atom. The summed E-state index contributed by atoms with van der Waals surface area (Å²) in [5, 5.41) is 10.6. The summed E-state index contributed by atoms with van der Waals surface area (Å²) in [5.74, 6) is 0.574. The number of benzene rings is 1. The number of fused-ring (bicyclic) bond motifs is 4. The van der Waals surface area contributed by atoms with Gasteiger partial charge < -0.3 is 9.84 Å². The van der Waals surface area contributed by atoms with Crippen LogP contribution in [-0.4, -0.2) is 31.3 Å². The fourth-order valence-corrected chi connectivity index (χ4v) is 5.75. The number of hydrogen-bond acceptors (Lipinski definition) is 4. The first-order valence-corrected chi connectivity index (χ1v) is 10.6. The van der Waals surface area contributed by atoms with Crippen LogP contribution in [0.3, 0.4) is 0 Å². The fraction of sp³-hybridized carbons (Fsp3) is 0.500. The van der Waals surface area contributed by atoms with Crippen LogP contribution < -0.4 is 9.46 Å². The number of hydrogen-bond donors (Lipinski definition) is 3. The van der Waals surface area contributed by atoms with Crippen LogP contribution in [0.5, 0.6) is 5.75 Å². The average Bonchev–Trinajstić information content (AvgIpc) is 2.81. The number of ether oxygens (including phenoxy) is 1. The summed E-state index contributed by atoms with van der Waals surface area (Å²) >= 11 is 0. The highest BCUT2D eigenvalue weighted by atomic mass is 32.2. The maximum atomic E-state index is 11.2. The Morgan fingerprint density at radius 3 is 2.70 bits per heavy atom. The first-order chi connectivity index (χ1) is 12.6. The molecular formula is C20H25NO5S. The highest BCUT2D eigenvalue weighted by Crippen LogP contribution is 2.59. The van der Waals surface area contributed by atoms with Gasteiger partial charge in [-0.15, -0.1) is 0 Å². The van der Waals surface area contributed by atoms with Crippen LogP contribution >= 0.6 is 0 Å². The summed E-state index contributed by atoms with van der Waals surface area (Å²) in [4.78, 5) is 0. The van der Waals surface area contributed by atoms with E-state index in [9.17, 15) is 13.5 Å². The standard InChI is InChI=1S/C20H25NO5S/c1-11-8-18(22)20(2)7-6-13-14(19(11)20)5-4-12-9-16(21-27(23,24)25)17(26-3)10-15(12)13/h9-10,18-19,21-22H,1,4-8H2,2-3H3,(H,23,24,25)/t18-,19+,20-/m1/s1. The number of aliphatic hydroxyl groups excluding tert-OH is 1. The lowest BCUT2D eigenvalue weighted by Crippen LogP contribution is -2.37. The molecule has 3 N–H and O–H groups in total. The quantitative estimate of drug-likeness (QED) is 0.542. The molecule has 1 aromatic carbocycles. The molecule has 0 unspecified atom stereocenters. The van der Waals surface area contributed by atoms with Crippen molar-refractivity contribution in [2.24, 2.45) is 11.3 Å². The number of anilines is 1. The van der Waals surface area contributed by atoms with Gasteiger partial charge in [-0.2, -0.15) is 8.42 Å². The van der Waals surface area contributed by atoms with Gasteiger partial charge in [-0.3, -0.25) is 9.27 Å². The molecule has 1 saturated carbocycles. The van der Waals surface area contributed by atoms with E-state index >= 15 is 0 Å². The van der Waals surface area contributed by atoms with Crippen LogP contribution in [0.25, 0.3) is 5.57 Å². The van der Waals surface area contributed by atoms with Crippen molar-refractivity contribution in [3.8, 4) is 5.75 Å². The smallest absolute Gasteiger partial charge is 0.357 e. The van der Waals surface area contributed by atoms with E-state index in [2.05, 4.69) is 18.2 Å². The molecule has 0 radical (unpaired) electrons. The summed E-state index contributed by atoms with van der Waals surface area (Å²) in [7, 11) is -2.90. The SMILES string of the molecule is C=C1C[C@@H](O)[C@@]2(C)CCC3=C(CCc4cc(NS(=O)(=O)O)c(OC)cc43)[C@H]12. The van der Waals surface area contributed by atoms with Gasteiger partial charge in [0.2, 0.25) is 0 Å². The predicted octanol–water partition coefficient (Wildman–Crippen LogP) is 3.35. The largest absolute Gasteiger partial charge is 0.495 e. The maximum absolute atomic E-state index is 11.2. The lowest BCUT2D eigenvalue weighted by atomic mass is 9.62. The third-order valence-electron chi connectivity index (χ3n) is 6.59. The number of aryl methyl sites for hydroxylation is 1. The number of allylic oxidation sites excluding steroid dienone is 2. The maximum Gasteiger partial charge on any atom is 0.357 e. The minimum absolute atomic E-state index is 0.149. The van der Waals surface area contributed by atoms with Gasteiger partial charge in [0.15, 0.2) is 0 Å². The molecule has 7 heteroatoms. The third-order valence-corrected chi connectivity index (χ3v) is 7.07. The lowest BCUT2D eigenvalue weighted by molar-refractivity contribution is 0.0384. The van der Waals surface area contributed by atoms with E-state index in [4.69, 9.17) is 9.29 Å². The van der Waals surface area contributed by atoms with Crippen LogP contribution in [0.4, 0.5) is 5.69 Å². The Morgan fingerprint density at radius 2 is 2.04 bits per heavy atom. The van der Waals surface area contributed by atoms with Crippen molar-refractivity contribution in [1.29, 1.82) is 0 Å². The Labute approximate surface area is 159 Å². The van der Waals surface area contributed by atoms with Crippen molar-refractivity contribution in [1.82, 2.24) is 0 Å². The molecule has 27 heavy (non-hydrogen) atoms. The van der Waals surface area contributed by atoms with Gasteiger partial charge in [-0.1, -0.05) is 24.6 Å². The molecule has 0 aliphatic heterocycles. The molecule has 3 aliphatic carbocycles. The molecule has 0 bridgehead atoms. The van der Waals surface area contributed by atoms with Crippen LogP contribution in [0.2, 0.25) is 0 Å². The summed E-state index contributed by atoms with van der Waals surface area (Å²) < 4.78 is 39.1. The molecule has 0 saturated heterocycles. The second kappa shape index (κ2) is 6.09. The van der Waals surface area contributed by atoms with E-state index in [0.717, 1.165) is 42.4 Å². The van der Waals surface area contributed by atoms with E-state index in [1.807, 2.05) is 6.07 Å². The Bertz CT molecular complexity index is 965. The number of nitrogens with one attached hydrogen (secondary N) is 1. The van der Waals surface area contributed by atoms with Gasteiger partial charge in [0, 0.05) is 11.3 Å². The van der Waals surface area contributed by atoms with Crippen LogP contribution in [0.15, 0.2) is 29.9 Å². The lowest BCUT2D eigenvalue weighted by Gasteiger charge is -2.43. The molecule has 6 nitrogen and oxygen atoms in total. The molecule has 3 aliphatic rings. The summed E-state index contributed by atoms with van der Waals surface area (Å²) in [6, 6.07) is 3.60. The highest BCUT2D eigenvalue weighted by molar-refractivity contribution is 7.87. The first kappa shape index (κ1) is 18.5. The summed E-state index contributed by atoms with van der Waals surface area (Å²) in [5.41, 5.74) is 5.94. The van der Waals surface area contributed by atoms with E-state index in [1.54, 1.807) is 6.07 Å². The van der Waals surface area contributed by atoms with E-state index in [-0.39, 0.29) is 23.1 Å². The van der Waals surface area contributed by atoms with Crippen molar-refractivity contribution >= 4 is 21.6 Å². The second-order valence-corrected chi connectivity index (χ2v) is 9.26. The number of methoxy groups -OCH3 is 1. The minimum atomic E-state index is -4.37. The van der Waals surface area contributed by atoms with Crippen molar-refractivity contribution in [3.63, 3.8) is 0 Å². The zero-order valence-corrected chi connectivity index (χ0v) is 16.4. The Balaban J connectivity index is 1.82. The third kappa shape index (κ3) is 2.88. The summed E-state index contributed by atoms with van der Waals surface area (Å²) in [6.45, 7) is 6.41. The minimum Gasteiger partial charge on any atom is -0.495 e. The molecule has 1 fully saturated rings. The van der Waals surface area contributed by atoms with Gasteiger partial charge in [0.1, 0.15) is 5.75 Å². The van der Waals surface area contributed by atoms with Gasteiger partial charge in [-0.05, 0) is 60.9 Å². The van der Waals surface area contributed by atoms with E-state index in [1.165, 1.54) is 18.3 Å². The van der Waals surface area contributed by atoms with Crippen molar-refractivity contribution in [2.45, 2.75) is 45.1 Å². The van der Waals surface area contributed by atoms with Crippen LogP contribution in [-0.2, 0) is 16.7 Å².